The van der Waals surface area contributed by atoms with E-state index in [1.807, 2.05) is 47.8 Å². The minimum Gasteiger partial charge on any atom is -0.289 e. The van der Waals surface area contributed by atoms with E-state index < -0.39 is 23.5 Å². The van der Waals surface area contributed by atoms with Crippen molar-refractivity contribution in [2.75, 3.05) is 0 Å². The predicted octanol–water partition coefficient (Wildman–Crippen LogP) is 2.79. The van der Waals surface area contributed by atoms with Crippen LogP contribution in [0.15, 0.2) is 64.8 Å². The average Bonchev–Trinajstić information content (AvgIpc) is 3.26. The molecule has 3 aromatic carbocycles. The van der Waals surface area contributed by atoms with Crippen LogP contribution in [0, 0.1) is 0 Å². The van der Waals surface area contributed by atoms with Gasteiger partial charge in [0.15, 0.2) is 5.43 Å². The van der Waals surface area contributed by atoms with Gasteiger partial charge in [-0.25, -0.2) is 4.98 Å². The maximum atomic E-state index is 13.1. The Morgan fingerprint density at radius 3 is 2.34 bits per heavy atom. The Morgan fingerprint density at radius 2 is 1.59 bits per heavy atom. The van der Waals surface area contributed by atoms with Crippen LogP contribution in [0.3, 0.4) is 0 Å². The molecule has 1 aromatic heterocycles. The molecule has 5 rings (SSSR count). The molecule has 0 radical (unpaired) electrons. The zero-order chi connectivity index (χ0) is 20.1. The second-order valence-corrected chi connectivity index (χ2v) is 7.60. The van der Waals surface area contributed by atoms with E-state index in [1.165, 1.54) is 11.3 Å². The third kappa shape index (κ3) is 2.75. The number of carbonyl (C=O) groups is 3. The van der Waals surface area contributed by atoms with Gasteiger partial charge in [0.05, 0.1) is 5.69 Å². The molecule has 1 saturated heterocycles. The molecule has 2 heterocycles. The predicted molar refractivity (Wildman–Crippen MR) is 110 cm³/mol. The summed E-state index contributed by atoms with van der Waals surface area (Å²) in [5, 5.41) is 7.04. The third-order valence-electron chi connectivity index (χ3n) is 5.00. The first-order valence-electron chi connectivity index (χ1n) is 8.83. The molecular weight excluding hydrogens is 388 g/mol. The third-order valence-corrected chi connectivity index (χ3v) is 5.90. The average molecular weight is 400 g/mol. The molecule has 1 aliphatic heterocycles. The SMILES string of the molecule is O=C1NC(=O)C(c2csc(-c3ccc4ccc5ccccc5c(=O)c4c3)n2)C1=O. The smallest absolute Gasteiger partial charge is 0.289 e. The van der Waals surface area contributed by atoms with Crippen molar-refractivity contribution in [1.82, 2.24) is 10.3 Å². The molecule has 1 fully saturated rings. The molecule has 1 aliphatic rings. The minimum atomic E-state index is -1.20. The van der Waals surface area contributed by atoms with Crippen LogP contribution in [0.2, 0.25) is 0 Å². The summed E-state index contributed by atoms with van der Waals surface area (Å²) < 4.78 is 0. The maximum absolute atomic E-state index is 13.1. The van der Waals surface area contributed by atoms with Crippen LogP contribution >= 0.6 is 11.3 Å². The molecule has 1 atom stereocenters. The van der Waals surface area contributed by atoms with Gasteiger partial charge in [0, 0.05) is 21.7 Å². The van der Waals surface area contributed by atoms with Gasteiger partial charge in [0.2, 0.25) is 11.7 Å². The van der Waals surface area contributed by atoms with Gasteiger partial charge in [-0.05, 0) is 16.8 Å². The normalized spacial score (nSPS) is 16.6. The van der Waals surface area contributed by atoms with Crippen LogP contribution in [0.4, 0.5) is 0 Å². The van der Waals surface area contributed by atoms with E-state index in [0.717, 1.165) is 10.8 Å². The van der Waals surface area contributed by atoms with E-state index in [4.69, 9.17) is 0 Å². The molecule has 29 heavy (non-hydrogen) atoms. The summed E-state index contributed by atoms with van der Waals surface area (Å²) in [6.07, 6.45) is 0. The van der Waals surface area contributed by atoms with Gasteiger partial charge in [-0.2, -0.15) is 0 Å². The number of Topliss-reactive ketones (excluding diaryl/α,β-unsaturated/α-hetero) is 1. The van der Waals surface area contributed by atoms with Crippen LogP contribution in [-0.4, -0.2) is 22.6 Å². The number of imide groups is 1. The fourth-order valence-corrected chi connectivity index (χ4v) is 4.36. The lowest BCUT2D eigenvalue weighted by Crippen LogP contribution is -2.22. The van der Waals surface area contributed by atoms with Gasteiger partial charge in [-0.15, -0.1) is 11.3 Å². The number of aromatic nitrogens is 1. The first-order valence-corrected chi connectivity index (χ1v) is 9.71. The Morgan fingerprint density at radius 1 is 0.862 bits per heavy atom. The van der Waals surface area contributed by atoms with Crippen molar-refractivity contribution < 1.29 is 14.4 Å². The molecule has 0 bridgehead atoms. The lowest BCUT2D eigenvalue weighted by molar-refractivity contribution is -0.135. The van der Waals surface area contributed by atoms with Gasteiger partial charge in [-0.3, -0.25) is 24.5 Å². The van der Waals surface area contributed by atoms with E-state index in [-0.39, 0.29) is 11.1 Å². The molecule has 4 aromatic rings. The number of thiazole rings is 1. The van der Waals surface area contributed by atoms with Gasteiger partial charge in [0.1, 0.15) is 10.9 Å². The van der Waals surface area contributed by atoms with Crippen LogP contribution in [0.1, 0.15) is 11.6 Å². The van der Waals surface area contributed by atoms with Crippen molar-refractivity contribution in [3.05, 3.63) is 75.9 Å². The lowest BCUT2D eigenvalue weighted by Gasteiger charge is -2.00. The number of rotatable bonds is 2. The van der Waals surface area contributed by atoms with Crippen molar-refractivity contribution in [1.29, 1.82) is 0 Å². The van der Waals surface area contributed by atoms with Crippen molar-refractivity contribution in [2.24, 2.45) is 0 Å². The Balaban J connectivity index is 1.64. The summed E-state index contributed by atoms with van der Waals surface area (Å²) in [6, 6.07) is 16.7. The van der Waals surface area contributed by atoms with E-state index in [2.05, 4.69) is 4.98 Å². The van der Waals surface area contributed by atoms with Gasteiger partial charge in [0.25, 0.3) is 5.91 Å². The summed E-state index contributed by atoms with van der Waals surface area (Å²) in [5.41, 5.74) is 0.873. The Bertz CT molecular complexity index is 1420. The largest absolute Gasteiger partial charge is 0.295 e. The Hall–Kier alpha value is -3.71. The van der Waals surface area contributed by atoms with Gasteiger partial charge >= 0.3 is 0 Å². The van der Waals surface area contributed by atoms with Crippen molar-refractivity contribution in [3.63, 3.8) is 0 Å². The molecular formula is C22H12N2O4S. The highest BCUT2D eigenvalue weighted by Gasteiger charge is 2.42. The summed E-state index contributed by atoms with van der Waals surface area (Å²) in [6.45, 7) is 0. The number of fused-ring (bicyclic) bond motifs is 2. The fraction of sp³-hybridized carbons (Fsp3) is 0.0455. The van der Waals surface area contributed by atoms with Crippen LogP contribution < -0.4 is 10.7 Å². The fourth-order valence-electron chi connectivity index (χ4n) is 3.52. The minimum absolute atomic E-state index is 0.0739. The van der Waals surface area contributed by atoms with Crippen LogP contribution in [-0.2, 0) is 14.4 Å². The highest BCUT2D eigenvalue weighted by atomic mass is 32.1. The first kappa shape index (κ1) is 17.4. The molecule has 7 heteroatoms. The zero-order valence-corrected chi connectivity index (χ0v) is 15.7. The summed E-state index contributed by atoms with van der Waals surface area (Å²) >= 11 is 1.25. The molecule has 2 amide bonds. The summed E-state index contributed by atoms with van der Waals surface area (Å²) in [4.78, 5) is 52.7. The zero-order valence-electron chi connectivity index (χ0n) is 14.8. The van der Waals surface area contributed by atoms with E-state index >= 15 is 0 Å². The number of amides is 2. The number of nitrogens with zero attached hydrogens (tertiary/aromatic N) is 1. The highest BCUT2D eigenvalue weighted by Crippen LogP contribution is 2.30. The van der Waals surface area contributed by atoms with Gasteiger partial charge < -0.3 is 0 Å². The second kappa shape index (κ2) is 6.42. The molecule has 6 nitrogen and oxygen atoms in total. The maximum Gasteiger partial charge on any atom is 0.295 e. The van der Waals surface area contributed by atoms with Crippen molar-refractivity contribution in [3.8, 4) is 10.6 Å². The number of hydrogen-bond donors (Lipinski definition) is 1. The second-order valence-electron chi connectivity index (χ2n) is 6.74. The van der Waals surface area contributed by atoms with Crippen LogP contribution in [0.5, 0.6) is 0 Å². The Labute approximate surface area is 167 Å². The Kier molecular flexibility index (Phi) is 3.85. The van der Waals surface area contributed by atoms with Crippen molar-refractivity contribution in [2.45, 2.75) is 5.92 Å². The van der Waals surface area contributed by atoms with E-state index in [1.54, 1.807) is 17.5 Å². The van der Waals surface area contributed by atoms with Crippen LogP contribution in [0.25, 0.3) is 32.1 Å². The molecule has 140 valence electrons. The number of nitrogens with one attached hydrogen (secondary N) is 1. The number of hydrogen-bond acceptors (Lipinski definition) is 6. The molecule has 0 aliphatic carbocycles. The van der Waals surface area contributed by atoms with Gasteiger partial charge in [-0.1, -0.05) is 48.5 Å². The quantitative estimate of drug-likeness (QED) is 0.317. The lowest BCUT2D eigenvalue weighted by atomic mass is 10.0. The number of benzene rings is 2. The summed E-state index contributed by atoms with van der Waals surface area (Å²) in [7, 11) is 0. The first-order chi connectivity index (χ1) is 14.0. The molecule has 1 N–H and O–H groups in total. The monoisotopic (exact) mass is 400 g/mol. The van der Waals surface area contributed by atoms with E-state index in [0.29, 0.717) is 21.3 Å². The molecule has 0 saturated carbocycles. The van der Waals surface area contributed by atoms with Crippen molar-refractivity contribution >= 4 is 50.5 Å². The topological polar surface area (TPSA) is 93.2 Å². The highest BCUT2D eigenvalue weighted by molar-refractivity contribution is 7.13. The number of ketones is 1. The molecule has 1 unspecified atom stereocenters. The standard InChI is InChI=1S/C22H12N2O4S/c25-18-14-4-2-1-3-11(14)5-6-12-7-8-13(9-15(12)18)22-23-16(10-29-22)17-19(26)21(28)24-20(17)27/h1-10,17H,(H,24,27,28). The van der Waals surface area contributed by atoms with E-state index in [9.17, 15) is 19.2 Å². The number of carbonyl (C=O) groups excluding carboxylic acids is 3. The molecule has 0 spiro atoms. The summed E-state index contributed by atoms with van der Waals surface area (Å²) in [5.74, 6) is -3.57.